The number of carbonyl (C=O) groups is 1. The highest BCUT2D eigenvalue weighted by Gasteiger charge is 2.47. The topological polar surface area (TPSA) is 116 Å². The Morgan fingerprint density at radius 1 is 1.05 bits per heavy atom. The highest BCUT2D eigenvalue weighted by Crippen LogP contribution is 2.47. The van der Waals surface area contributed by atoms with Crippen LogP contribution in [0.5, 0.6) is 0 Å². The Labute approximate surface area is 255 Å². The summed E-state index contributed by atoms with van der Waals surface area (Å²) in [6.07, 6.45) is 3.57. The summed E-state index contributed by atoms with van der Waals surface area (Å²) in [6, 6.07) is 10.3. The molecular formula is C33H39F2N7O2. The maximum absolute atomic E-state index is 15.9. The molecule has 0 radical (unpaired) electrons. The minimum absolute atomic E-state index is 0.00633. The summed E-state index contributed by atoms with van der Waals surface area (Å²) in [5.74, 6) is -2.89. The highest BCUT2D eigenvalue weighted by molar-refractivity contribution is 5.88. The van der Waals surface area contributed by atoms with E-state index in [4.69, 9.17) is 0 Å². The quantitative estimate of drug-likeness (QED) is 0.405. The van der Waals surface area contributed by atoms with Gasteiger partial charge in [0.05, 0.1) is 16.9 Å². The summed E-state index contributed by atoms with van der Waals surface area (Å²) in [7, 11) is 0. The van der Waals surface area contributed by atoms with Crippen molar-refractivity contribution in [3.05, 3.63) is 63.2 Å². The minimum Gasteiger partial charge on any atom is -0.363 e. The van der Waals surface area contributed by atoms with Crippen LogP contribution in [0.15, 0.2) is 35.1 Å². The molecule has 1 amide bonds. The van der Waals surface area contributed by atoms with Gasteiger partial charge in [0.2, 0.25) is 5.91 Å². The fourth-order valence-corrected chi connectivity index (χ4v) is 6.61. The van der Waals surface area contributed by atoms with Crippen LogP contribution in [0.3, 0.4) is 0 Å². The summed E-state index contributed by atoms with van der Waals surface area (Å²) in [4.78, 5) is 37.7. The average molecular weight is 604 g/mol. The van der Waals surface area contributed by atoms with E-state index in [1.807, 2.05) is 13.0 Å². The number of carbonyl (C=O) groups excluding carboxylic acids is 1. The Morgan fingerprint density at radius 2 is 1.82 bits per heavy atom. The predicted molar refractivity (Wildman–Crippen MR) is 163 cm³/mol. The molecule has 8 bridgehead atoms. The first-order valence-corrected chi connectivity index (χ1v) is 15.7. The number of halogens is 2. The monoisotopic (exact) mass is 603 g/mol. The minimum atomic E-state index is -2.99. The number of hydrogen-bond acceptors (Lipinski definition) is 7. The fraction of sp³-hybridized carbons (Fsp3) is 0.545. The molecule has 0 spiro atoms. The SMILES string of the molecule is Cc1nc2c3cc(C4(C#N)CC4)c(=O)n(c3n1)CCCCNC(=O)CCN1CCC(CC1)C(F)(F)c1cccc(c1)[C@@H](C)N2. The van der Waals surface area contributed by atoms with Gasteiger partial charge >= 0.3 is 0 Å². The molecule has 232 valence electrons. The highest BCUT2D eigenvalue weighted by atomic mass is 19.3. The molecule has 3 aliphatic heterocycles. The molecule has 2 aromatic heterocycles. The molecule has 1 aliphatic carbocycles. The molecule has 1 aromatic carbocycles. The molecule has 1 saturated carbocycles. The summed E-state index contributed by atoms with van der Waals surface area (Å²) < 4.78 is 33.3. The van der Waals surface area contributed by atoms with E-state index in [1.54, 1.807) is 29.7 Å². The van der Waals surface area contributed by atoms with Gasteiger partial charge in [-0.05, 0) is 83.2 Å². The normalized spacial score (nSPS) is 25.2. The first kappa shape index (κ1) is 30.1. The van der Waals surface area contributed by atoms with Crippen molar-refractivity contribution in [2.24, 2.45) is 5.92 Å². The molecule has 0 unspecified atom stereocenters. The zero-order valence-electron chi connectivity index (χ0n) is 25.3. The van der Waals surface area contributed by atoms with Crippen LogP contribution in [0.2, 0.25) is 0 Å². The number of nitriles is 1. The van der Waals surface area contributed by atoms with Gasteiger partial charge in [-0.3, -0.25) is 14.2 Å². The van der Waals surface area contributed by atoms with Gasteiger partial charge in [-0.1, -0.05) is 18.2 Å². The number of nitrogens with zero attached hydrogens (tertiary/aromatic N) is 5. The lowest BCUT2D eigenvalue weighted by Crippen LogP contribution is -2.41. The number of piperidine rings is 1. The van der Waals surface area contributed by atoms with Crippen molar-refractivity contribution in [2.75, 3.05) is 31.5 Å². The van der Waals surface area contributed by atoms with E-state index in [1.165, 1.54) is 6.07 Å². The van der Waals surface area contributed by atoms with Gasteiger partial charge in [0.15, 0.2) is 0 Å². The van der Waals surface area contributed by atoms with Gasteiger partial charge in [0.25, 0.3) is 11.5 Å². The molecule has 5 heterocycles. The largest absolute Gasteiger partial charge is 0.363 e. The Hall–Kier alpha value is -3.91. The second-order valence-electron chi connectivity index (χ2n) is 12.6. The second kappa shape index (κ2) is 11.9. The molecule has 44 heavy (non-hydrogen) atoms. The average Bonchev–Trinajstić information content (AvgIpc) is 3.81. The lowest BCUT2D eigenvalue weighted by atomic mass is 9.85. The summed E-state index contributed by atoms with van der Waals surface area (Å²) in [5, 5.41) is 17.0. The molecule has 1 saturated heterocycles. The van der Waals surface area contributed by atoms with Gasteiger partial charge in [-0.2, -0.15) is 5.26 Å². The third kappa shape index (κ3) is 5.80. The molecule has 7 rings (SSSR count). The molecular weight excluding hydrogens is 564 g/mol. The second-order valence-corrected chi connectivity index (χ2v) is 12.6. The third-order valence-corrected chi connectivity index (χ3v) is 9.55. The first-order valence-electron chi connectivity index (χ1n) is 15.7. The first-order chi connectivity index (χ1) is 21.1. The Kier molecular flexibility index (Phi) is 8.14. The van der Waals surface area contributed by atoms with E-state index in [-0.39, 0.29) is 23.1 Å². The van der Waals surface area contributed by atoms with Crippen LogP contribution in [0.1, 0.15) is 80.4 Å². The van der Waals surface area contributed by atoms with Gasteiger partial charge in [0, 0.05) is 49.1 Å². The number of benzene rings is 1. The fourth-order valence-electron chi connectivity index (χ4n) is 6.61. The van der Waals surface area contributed by atoms with E-state index in [2.05, 4.69) is 31.6 Å². The van der Waals surface area contributed by atoms with Crippen molar-refractivity contribution in [2.45, 2.75) is 82.7 Å². The van der Waals surface area contributed by atoms with Crippen molar-refractivity contribution in [3.63, 3.8) is 0 Å². The standard InChI is InChI=1S/C33H39F2N7O2/c1-21-23-6-5-7-25(18-23)33(34,35)24-8-15-41(16-9-24)17-10-28(43)37-13-3-4-14-42-30-26(29(38-21)39-22(2)40-30)19-27(31(42)44)32(20-36)11-12-32/h5-7,18-19,21,24H,3-4,8-17H2,1-2H3,(H,37,43)(H,38,39,40)/t21-/m1/s1. The van der Waals surface area contributed by atoms with E-state index in [0.29, 0.717) is 111 Å². The van der Waals surface area contributed by atoms with Gasteiger partial charge in [-0.25, -0.2) is 18.7 Å². The number of rotatable bonds is 1. The van der Waals surface area contributed by atoms with E-state index < -0.39 is 17.3 Å². The maximum Gasteiger partial charge on any atom is 0.276 e. The number of amides is 1. The van der Waals surface area contributed by atoms with Gasteiger partial charge < -0.3 is 15.5 Å². The predicted octanol–water partition coefficient (Wildman–Crippen LogP) is 4.93. The smallest absolute Gasteiger partial charge is 0.276 e. The molecule has 11 heteroatoms. The van der Waals surface area contributed by atoms with Crippen LogP contribution in [-0.2, 0) is 22.7 Å². The zero-order valence-corrected chi connectivity index (χ0v) is 25.3. The number of aryl methyl sites for hydroxylation is 2. The third-order valence-electron chi connectivity index (χ3n) is 9.55. The van der Waals surface area contributed by atoms with Crippen LogP contribution in [-0.4, -0.2) is 51.5 Å². The summed E-state index contributed by atoms with van der Waals surface area (Å²) >= 11 is 0. The van der Waals surface area contributed by atoms with Gasteiger partial charge in [-0.15, -0.1) is 0 Å². The summed E-state index contributed by atoms with van der Waals surface area (Å²) in [6.45, 7) is 6.11. The van der Waals surface area contributed by atoms with Crippen LogP contribution in [0.4, 0.5) is 14.6 Å². The number of fused-ring (bicyclic) bond motifs is 10. The van der Waals surface area contributed by atoms with Crippen LogP contribution < -0.4 is 16.2 Å². The number of aromatic nitrogens is 3. The van der Waals surface area contributed by atoms with Crippen molar-refractivity contribution >= 4 is 22.8 Å². The van der Waals surface area contributed by atoms with Crippen molar-refractivity contribution in [3.8, 4) is 6.07 Å². The zero-order chi connectivity index (χ0) is 31.1. The van der Waals surface area contributed by atoms with Crippen LogP contribution >= 0.6 is 0 Å². The van der Waals surface area contributed by atoms with E-state index >= 15 is 8.78 Å². The Balaban J connectivity index is 1.42. The summed E-state index contributed by atoms with van der Waals surface area (Å²) in [5.41, 5.74) is 0.534. The molecule has 9 nitrogen and oxygen atoms in total. The molecule has 4 aliphatic rings. The molecule has 1 atom stereocenters. The van der Waals surface area contributed by atoms with Crippen LogP contribution in [0, 0.1) is 24.2 Å². The van der Waals surface area contributed by atoms with Crippen molar-refractivity contribution in [1.29, 1.82) is 5.26 Å². The molecule has 3 aromatic rings. The van der Waals surface area contributed by atoms with Gasteiger partial charge in [0.1, 0.15) is 17.3 Å². The number of anilines is 1. The van der Waals surface area contributed by atoms with Crippen molar-refractivity contribution in [1.82, 2.24) is 24.8 Å². The van der Waals surface area contributed by atoms with Crippen LogP contribution in [0.25, 0.3) is 11.0 Å². The lowest BCUT2D eigenvalue weighted by Gasteiger charge is -2.36. The lowest BCUT2D eigenvalue weighted by molar-refractivity contribution is -0.121. The Morgan fingerprint density at radius 3 is 2.55 bits per heavy atom. The number of hydrogen-bond donors (Lipinski definition) is 2. The van der Waals surface area contributed by atoms with E-state index in [9.17, 15) is 14.9 Å². The molecule has 2 N–H and O–H groups in total. The van der Waals surface area contributed by atoms with Crippen molar-refractivity contribution < 1.29 is 13.6 Å². The van der Waals surface area contributed by atoms with E-state index in [0.717, 1.165) is 0 Å². The number of nitrogens with one attached hydrogen (secondary N) is 2. The maximum atomic E-state index is 15.9. The number of alkyl halides is 2. The Bertz CT molecular complexity index is 1670. The molecule has 2 fully saturated rings. The number of pyridine rings is 1.